The molecule has 6 rings (SSSR count). The maximum atomic E-state index is 13.7. The number of aromatic nitrogens is 1. The molecule has 1 unspecified atom stereocenters. The Balaban J connectivity index is 1.22. The quantitative estimate of drug-likeness (QED) is 0.312. The van der Waals surface area contributed by atoms with Crippen LogP contribution in [0.5, 0.6) is 0 Å². The lowest BCUT2D eigenvalue weighted by atomic mass is 10.1. The molecule has 1 aromatic carbocycles. The highest BCUT2D eigenvalue weighted by Gasteiger charge is 2.31. The highest BCUT2D eigenvalue weighted by molar-refractivity contribution is 6.11. The first-order valence-corrected chi connectivity index (χ1v) is 15.9. The fraction of sp³-hybridized carbons (Fsp3) is 0.455. The van der Waals surface area contributed by atoms with Crippen LogP contribution in [0, 0.1) is 6.92 Å². The summed E-state index contributed by atoms with van der Waals surface area (Å²) in [7, 11) is 0. The van der Waals surface area contributed by atoms with E-state index in [4.69, 9.17) is 14.1 Å². The summed E-state index contributed by atoms with van der Waals surface area (Å²) in [5, 5.41) is 6.86. The van der Waals surface area contributed by atoms with Crippen molar-refractivity contribution in [2.45, 2.75) is 45.1 Å². The second kappa shape index (κ2) is 14.1. The van der Waals surface area contributed by atoms with E-state index in [9.17, 15) is 19.2 Å². The number of morpholine rings is 1. The largest absolute Gasteiger partial charge is 0.461 e. The van der Waals surface area contributed by atoms with Crippen LogP contribution in [0.3, 0.4) is 0 Å². The summed E-state index contributed by atoms with van der Waals surface area (Å²) < 4.78 is 11.0. The number of fused-ring (bicyclic) bond motifs is 1. The van der Waals surface area contributed by atoms with E-state index in [0.717, 1.165) is 55.5 Å². The fourth-order valence-electron chi connectivity index (χ4n) is 6.00. The van der Waals surface area contributed by atoms with Crippen LogP contribution >= 0.6 is 0 Å². The minimum Gasteiger partial charge on any atom is -0.461 e. The molecule has 3 saturated heterocycles. The number of aliphatic imine (C=N–C) groups is 1. The Hall–Kier alpha value is -4.78. The lowest BCUT2D eigenvalue weighted by molar-refractivity contribution is -0.140. The number of carbonyl (C=O) groups is 4. The van der Waals surface area contributed by atoms with E-state index in [1.54, 1.807) is 15.9 Å². The van der Waals surface area contributed by atoms with E-state index in [0.29, 0.717) is 45.0 Å². The Morgan fingerprint density at radius 1 is 0.957 bits per heavy atom. The van der Waals surface area contributed by atoms with E-state index in [2.05, 4.69) is 15.6 Å². The number of guanidine groups is 1. The normalized spacial score (nSPS) is 19.3. The molecular weight excluding hydrogens is 590 g/mol. The molecule has 0 bridgehead atoms. The van der Waals surface area contributed by atoms with E-state index in [-0.39, 0.29) is 41.5 Å². The van der Waals surface area contributed by atoms with Gasteiger partial charge in [0.1, 0.15) is 23.1 Å². The minimum atomic E-state index is -0.789. The van der Waals surface area contributed by atoms with Crippen LogP contribution < -0.4 is 10.6 Å². The number of pyridine rings is 1. The number of hydrogen-bond acceptors (Lipinski definition) is 8. The van der Waals surface area contributed by atoms with Crippen molar-refractivity contribution < 1.29 is 28.3 Å². The summed E-state index contributed by atoms with van der Waals surface area (Å²) in [6, 6.07) is 9.68. The molecule has 242 valence electrons. The predicted molar refractivity (Wildman–Crippen MR) is 170 cm³/mol. The Morgan fingerprint density at radius 2 is 1.74 bits per heavy atom. The zero-order chi connectivity index (χ0) is 32.0. The maximum absolute atomic E-state index is 13.7. The van der Waals surface area contributed by atoms with Gasteiger partial charge in [-0.2, -0.15) is 0 Å². The maximum Gasteiger partial charge on any atom is 0.272 e. The number of furan rings is 1. The molecule has 4 amide bonds. The first kappa shape index (κ1) is 31.2. The Kier molecular flexibility index (Phi) is 9.57. The standard InChI is InChI=1S/C33H39N7O6/c1-22-18-24-19-25(8-10-28(24)46-22)35-33(36-27-6-2-3-13-40(32(27)44)21-29(41)38-11-4-5-12-38)37-30(42)23-7-9-26(34-20-23)31(43)39-14-16-45-17-15-39/h7-10,18-20,27H,2-6,11-17,21H2,1H3,(H2,35,36,37,42). The molecule has 0 spiro atoms. The molecule has 13 nitrogen and oxygen atoms in total. The second-order valence-electron chi connectivity index (χ2n) is 11.9. The first-order valence-electron chi connectivity index (χ1n) is 15.9. The number of anilines is 1. The average molecular weight is 630 g/mol. The van der Waals surface area contributed by atoms with E-state index >= 15 is 0 Å². The molecule has 0 aliphatic carbocycles. The summed E-state index contributed by atoms with van der Waals surface area (Å²) >= 11 is 0. The van der Waals surface area contributed by atoms with Gasteiger partial charge in [0, 0.05) is 50.0 Å². The third-order valence-electron chi connectivity index (χ3n) is 8.50. The zero-order valence-corrected chi connectivity index (χ0v) is 26.0. The van der Waals surface area contributed by atoms with Crippen molar-refractivity contribution in [1.29, 1.82) is 0 Å². The number of amides is 4. The van der Waals surface area contributed by atoms with Gasteiger partial charge in [-0.15, -0.1) is 0 Å². The number of likely N-dealkylation sites (tertiary alicyclic amines) is 2. The Morgan fingerprint density at radius 3 is 2.50 bits per heavy atom. The summed E-state index contributed by atoms with van der Waals surface area (Å²) in [6.45, 7) is 5.75. The van der Waals surface area contributed by atoms with Crippen LogP contribution in [0.15, 0.2) is 52.0 Å². The van der Waals surface area contributed by atoms with Crippen LogP contribution in [-0.4, -0.2) is 108 Å². The molecule has 3 aromatic rings. The van der Waals surface area contributed by atoms with Crippen molar-refractivity contribution >= 4 is 46.2 Å². The fourth-order valence-corrected chi connectivity index (χ4v) is 6.00. The molecular formula is C33H39N7O6. The van der Waals surface area contributed by atoms with E-state index in [1.807, 2.05) is 30.0 Å². The Labute approximate surface area is 266 Å². The number of ether oxygens (including phenoxy) is 1. The molecule has 46 heavy (non-hydrogen) atoms. The van der Waals surface area contributed by atoms with Gasteiger partial charge < -0.3 is 29.2 Å². The number of hydrogen-bond donors (Lipinski definition) is 2. The predicted octanol–water partition coefficient (Wildman–Crippen LogP) is 2.81. The van der Waals surface area contributed by atoms with Gasteiger partial charge in [0.2, 0.25) is 17.8 Å². The van der Waals surface area contributed by atoms with Crippen molar-refractivity contribution in [2.75, 3.05) is 57.8 Å². The number of aryl methyl sites for hydroxylation is 1. The summed E-state index contributed by atoms with van der Waals surface area (Å²) in [5.41, 5.74) is 1.82. The topological polar surface area (TPSA) is 150 Å². The van der Waals surface area contributed by atoms with Crippen molar-refractivity contribution in [3.8, 4) is 0 Å². The zero-order valence-electron chi connectivity index (χ0n) is 26.0. The van der Waals surface area contributed by atoms with Gasteiger partial charge in [-0.1, -0.05) is 0 Å². The average Bonchev–Trinajstić information content (AvgIpc) is 3.71. The molecule has 3 aliphatic heterocycles. The van der Waals surface area contributed by atoms with Gasteiger partial charge in [0.15, 0.2) is 0 Å². The van der Waals surface area contributed by atoms with Crippen molar-refractivity contribution in [3.05, 3.63) is 59.6 Å². The van der Waals surface area contributed by atoms with E-state index < -0.39 is 11.9 Å². The SMILES string of the molecule is Cc1cc2cc(NC(=NC3CCCCN(CC(=O)N4CCCC4)C3=O)NC(=O)c3ccc(C(=O)N4CCOCC4)nc3)ccc2o1. The molecule has 3 fully saturated rings. The molecule has 2 aromatic heterocycles. The number of carbonyl (C=O) groups excluding carboxylic acids is 4. The molecule has 13 heteroatoms. The lowest BCUT2D eigenvalue weighted by Crippen LogP contribution is -2.45. The van der Waals surface area contributed by atoms with Crippen molar-refractivity contribution in [2.24, 2.45) is 4.99 Å². The van der Waals surface area contributed by atoms with Gasteiger partial charge in [-0.05, 0) is 75.4 Å². The first-order chi connectivity index (χ1) is 22.3. The molecule has 3 aliphatic rings. The summed E-state index contributed by atoms with van der Waals surface area (Å²) in [4.78, 5) is 66.9. The highest BCUT2D eigenvalue weighted by atomic mass is 16.5. The van der Waals surface area contributed by atoms with Crippen LogP contribution in [0.1, 0.15) is 58.7 Å². The molecule has 2 N–H and O–H groups in total. The van der Waals surface area contributed by atoms with Crippen molar-refractivity contribution in [3.63, 3.8) is 0 Å². The van der Waals surface area contributed by atoms with E-state index in [1.165, 1.54) is 18.3 Å². The highest BCUT2D eigenvalue weighted by Crippen LogP contribution is 2.23. The molecule has 5 heterocycles. The Bertz CT molecular complexity index is 1620. The smallest absolute Gasteiger partial charge is 0.272 e. The summed E-state index contributed by atoms with van der Waals surface area (Å²) in [6.07, 6.45) is 5.30. The van der Waals surface area contributed by atoms with Crippen LogP contribution in [-0.2, 0) is 14.3 Å². The van der Waals surface area contributed by atoms with Gasteiger partial charge in [-0.3, -0.25) is 29.5 Å². The van der Waals surface area contributed by atoms with Gasteiger partial charge in [0.05, 0.1) is 25.3 Å². The minimum absolute atomic E-state index is 0.0255. The van der Waals surface area contributed by atoms with Crippen LogP contribution in [0.25, 0.3) is 11.0 Å². The molecule has 1 atom stereocenters. The molecule has 0 saturated carbocycles. The monoisotopic (exact) mass is 629 g/mol. The van der Waals surface area contributed by atoms with Gasteiger partial charge in [0.25, 0.3) is 11.8 Å². The molecule has 0 radical (unpaired) electrons. The number of nitrogens with one attached hydrogen (secondary N) is 2. The van der Waals surface area contributed by atoms with Gasteiger partial charge >= 0.3 is 0 Å². The second-order valence-corrected chi connectivity index (χ2v) is 11.9. The van der Waals surface area contributed by atoms with Gasteiger partial charge in [-0.25, -0.2) is 4.99 Å². The van der Waals surface area contributed by atoms with Crippen molar-refractivity contribution in [1.82, 2.24) is 25.0 Å². The third kappa shape index (κ3) is 7.36. The third-order valence-corrected chi connectivity index (χ3v) is 8.50. The number of rotatable bonds is 6. The summed E-state index contributed by atoms with van der Waals surface area (Å²) in [5.74, 6) is -0.162. The van der Waals surface area contributed by atoms with Crippen LogP contribution in [0.2, 0.25) is 0 Å². The number of benzene rings is 1. The lowest BCUT2D eigenvalue weighted by Gasteiger charge is -2.26. The van der Waals surface area contributed by atoms with Crippen LogP contribution in [0.4, 0.5) is 5.69 Å². The number of nitrogens with zero attached hydrogens (tertiary/aromatic N) is 5.